The lowest BCUT2D eigenvalue weighted by molar-refractivity contribution is -0.127. The molecule has 0 aromatic heterocycles. The first kappa shape index (κ1) is 14.1. The van der Waals surface area contributed by atoms with Crippen LogP contribution in [0.15, 0.2) is 24.3 Å². The van der Waals surface area contributed by atoms with Gasteiger partial charge in [0.15, 0.2) is 0 Å². The van der Waals surface area contributed by atoms with Crippen LogP contribution < -0.4 is 5.73 Å². The van der Waals surface area contributed by atoms with Crippen LogP contribution in [0.2, 0.25) is 0 Å². The molecule has 3 heteroatoms. The Kier molecular flexibility index (Phi) is 4.97. The van der Waals surface area contributed by atoms with Crippen molar-refractivity contribution in [2.75, 3.05) is 13.1 Å². The summed E-state index contributed by atoms with van der Waals surface area (Å²) in [5, 5.41) is 0. The molecule has 2 rings (SSSR count). The Morgan fingerprint density at radius 1 is 1.21 bits per heavy atom. The number of likely N-dealkylation sites (tertiary alicyclic amines) is 1. The van der Waals surface area contributed by atoms with Crippen LogP contribution in [0.3, 0.4) is 0 Å². The second-order valence-corrected chi connectivity index (χ2v) is 5.47. The molecule has 1 amide bonds. The quantitative estimate of drug-likeness (QED) is 0.851. The molecule has 1 saturated heterocycles. The Morgan fingerprint density at radius 3 is 2.37 bits per heavy atom. The molecule has 0 bridgehead atoms. The number of amides is 1. The van der Waals surface area contributed by atoms with Crippen molar-refractivity contribution < 1.29 is 4.79 Å². The van der Waals surface area contributed by atoms with E-state index in [4.69, 9.17) is 5.73 Å². The van der Waals surface area contributed by atoms with Crippen LogP contribution in [0.5, 0.6) is 0 Å². The molecule has 1 aliphatic heterocycles. The molecule has 0 saturated carbocycles. The van der Waals surface area contributed by atoms with E-state index in [2.05, 4.69) is 31.2 Å². The van der Waals surface area contributed by atoms with Gasteiger partial charge in [-0.05, 0) is 30.4 Å². The molecule has 1 atom stereocenters. The van der Waals surface area contributed by atoms with Gasteiger partial charge in [-0.3, -0.25) is 4.79 Å². The maximum Gasteiger partial charge on any atom is 0.224 e. The molecule has 1 fully saturated rings. The van der Waals surface area contributed by atoms with E-state index in [0.717, 1.165) is 32.4 Å². The summed E-state index contributed by atoms with van der Waals surface area (Å²) in [6, 6.07) is 8.90. The molecule has 1 aromatic carbocycles. The largest absolute Gasteiger partial charge is 0.341 e. The Morgan fingerprint density at radius 2 is 1.84 bits per heavy atom. The Balaban J connectivity index is 1.75. The highest BCUT2D eigenvalue weighted by Crippen LogP contribution is 2.12. The van der Waals surface area contributed by atoms with Gasteiger partial charge in [0, 0.05) is 25.6 Å². The van der Waals surface area contributed by atoms with Crippen LogP contribution in [0.25, 0.3) is 0 Å². The number of carbonyl (C=O) groups excluding carboxylic acids is 1. The van der Waals surface area contributed by atoms with Crippen molar-refractivity contribution in [1.29, 1.82) is 0 Å². The summed E-state index contributed by atoms with van der Waals surface area (Å²) in [6.07, 6.45) is 4.92. The van der Waals surface area contributed by atoms with Crippen LogP contribution in [0.4, 0.5) is 0 Å². The summed E-state index contributed by atoms with van der Waals surface area (Å²) >= 11 is 0. The number of aryl methyl sites for hydroxylation is 2. The lowest BCUT2D eigenvalue weighted by atomic mass is 10.0. The van der Waals surface area contributed by atoms with E-state index in [1.165, 1.54) is 17.5 Å². The fourth-order valence-corrected chi connectivity index (χ4v) is 2.65. The van der Waals surface area contributed by atoms with E-state index >= 15 is 0 Å². The average Bonchev–Trinajstić information content (AvgIpc) is 2.71. The standard InChI is InChI=1S/C16H24N2O/c1-2-4-13-6-8-14(9-7-13)5-3-10-18-12-15(17)11-16(18)19/h6-9,15H,2-5,10-12,17H2,1H3. The first-order chi connectivity index (χ1) is 9.19. The predicted molar refractivity (Wildman–Crippen MR) is 77.9 cm³/mol. The minimum absolute atomic E-state index is 0.0424. The summed E-state index contributed by atoms with van der Waals surface area (Å²) in [5.41, 5.74) is 8.55. The summed E-state index contributed by atoms with van der Waals surface area (Å²) < 4.78 is 0. The van der Waals surface area contributed by atoms with Crippen LogP contribution >= 0.6 is 0 Å². The molecule has 1 aromatic rings. The van der Waals surface area contributed by atoms with Crippen molar-refractivity contribution in [3.8, 4) is 0 Å². The minimum Gasteiger partial charge on any atom is -0.341 e. The van der Waals surface area contributed by atoms with Crippen molar-refractivity contribution in [2.45, 2.75) is 45.1 Å². The highest BCUT2D eigenvalue weighted by atomic mass is 16.2. The van der Waals surface area contributed by atoms with E-state index in [1.807, 2.05) is 4.90 Å². The molecule has 1 heterocycles. The lowest BCUT2D eigenvalue weighted by Crippen LogP contribution is -2.29. The number of hydrogen-bond acceptors (Lipinski definition) is 2. The number of hydrogen-bond donors (Lipinski definition) is 1. The molecule has 104 valence electrons. The van der Waals surface area contributed by atoms with E-state index in [9.17, 15) is 4.79 Å². The second-order valence-electron chi connectivity index (χ2n) is 5.47. The third-order valence-electron chi connectivity index (χ3n) is 3.70. The topological polar surface area (TPSA) is 46.3 Å². The van der Waals surface area contributed by atoms with Crippen LogP contribution in [-0.2, 0) is 17.6 Å². The monoisotopic (exact) mass is 260 g/mol. The van der Waals surface area contributed by atoms with Gasteiger partial charge in [0.1, 0.15) is 0 Å². The number of nitrogens with zero attached hydrogens (tertiary/aromatic N) is 1. The molecular formula is C16H24N2O. The van der Waals surface area contributed by atoms with Crippen molar-refractivity contribution in [1.82, 2.24) is 4.90 Å². The zero-order valence-electron chi connectivity index (χ0n) is 11.8. The first-order valence-electron chi connectivity index (χ1n) is 7.30. The van der Waals surface area contributed by atoms with Crippen molar-refractivity contribution in [3.05, 3.63) is 35.4 Å². The smallest absolute Gasteiger partial charge is 0.224 e. The van der Waals surface area contributed by atoms with E-state index in [1.54, 1.807) is 0 Å². The van der Waals surface area contributed by atoms with Crippen LogP contribution in [0, 0.1) is 0 Å². The molecule has 19 heavy (non-hydrogen) atoms. The van der Waals surface area contributed by atoms with Crippen molar-refractivity contribution in [2.24, 2.45) is 5.73 Å². The zero-order valence-corrected chi connectivity index (χ0v) is 11.8. The highest BCUT2D eigenvalue weighted by Gasteiger charge is 2.25. The molecule has 3 nitrogen and oxygen atoms in total. The molecule has 0 aliphatic carbocycles. The predicted octanol–water partition coefficient (Wildman–Crippen LogP) is 2.13. The zero-order chi connectivity index (χ0) is 13.7. The fraction of sp³-hybridized carbons (Fsp3) is 0.562. The number of nitrogens with two attached hydrogens (primary N) is 1. The van der Waals surface area contributed by atoms with Crippen molar-refractivity contribution >= 4 is 5.91 Å². The van der Waals surface area contributed by atoms with Gasteiger partial charge in [-0.15, -0.1) is 0 Å². The van der Waals surface area contributed by atoms with E-state index in [-0.39, 0.29) is 11.9 Å². The number of benzene rings is 1. The molecule has 2 N–H and O–H groups in total. The SMILES string of the molecule is CCCc1ccc(CCCN2CC(N)CC2=O)cc1. The fourth-order valence-electron chi connectivity index (χ4n) is 2.65. The Bertz CT molecular complexity index is 413. The van der Waals surface area contributed by atoms with Crippen LogP contribution in [-0.4, -0.2) is 29.9 Å². The molecule has 0 radical (unpaired) electrons. The summed E-state index contributed by atoms with van der Waals surface area (Å²) in [5.74, 6) is 0.214. The normalized spacial score (nSPS) is 19.2. The molecular weight excluding hydrogens is 236 g/mol. The summed E-state index contributed by atoms with van der Waals surface area (Å²) in [6.45, 7) is 3.77. The van der Waals surface area contributed by atoms with Gasteiger partial charge >= 0.3 is 0 Å². The third kappa shape index (κ3) is 4.06. The maximum absolute atomic E-state index is 11.6. The number of rotatable bonds is 6. The van der Waals surface area contributed by atoms with Crippen LogP contribution in [0.1, 0.15) is 37.3 Å². The van der Waals surface area contributed by atoms with E-state index < -0.39 is 0 Å². The molecule has 0 spiro atoms. The molecule has 1 unspecified atom stereocenters. The third-order valence-corrected chi connectivity index (χ3v) is 3.70. The van der Waals surface area contributed by atoms with E-state index in [0.29, 0.717) is 6.42 Å². The Hall–Kier alpha value is -1.35. The van der Waals surface area contributed by atoms with Gasteiger partial charge in [-0.1, -0.05) is 37.6 Å². The maximum atomic E-state index is 11.6. The Labute approximate surface area is 115 Å². The first-order valence-corrected chi connectivity index (χ1v) is 7.30. The van der Waals surface area contributed by atoms with Gasteiger partial charge in [0.2, 0.25) is 5.91 Å². The van der Waals surface area contributed by atoms with Gasteiger partial charge in [0.25, 0.3) is 0 Å². The summed E-state index contributed by atoms with van der Waals surface area (Å²) in [7, 11) is 0. The number of carbonyl (C=O) groups is 1. The van der Waals surface area contributed by atoms with Gasteiger partial charge in [-0.25, -0.2) is 0 Å². The lowest BCUT2D eigenvalue weighted by Gasteiger charge is -2.15. The van der Waals surface area contributed by atoms with Gasteiger partial charge in [-0.2, -0.15) is 0 Å². The summed E-state index contributed by atoms with van der Waals surface area (Å²) in [4.78, 5) is 13.5. The second kappa shape index (κ2) is 6.71. The van der Waals surface area contributed by atoms with Crippen molar-refractivity contribution in [3.63, 3.8) is 0 Å². The van der Waals surface area contributed by atoms with Gasteiger partial charge in [0.05, 0.1) is 0 Å². The average molecular weight is 260 g/mol. The molecule has 1 aliphatic rings. The minimum atomic E-state index is 0.0424. The highest BCUT2D eigenvalue weighted by molar-refractivity contribution is 5.79. The van der Waals surface area contributed by atoms with Gasteiger partial charge < -0.3 is 10.6 Å².